The highest BCUT2D eigenvalue weighted by Gasteiger charge is 2.02. The van der Waals surface area contributed by atoms with Gasteiger partial charge in [-0.25, -0.2) is 0 Å². The molecule has 0 amide bonds. The van der Waals surface area contributed by atoms with Gasteiger partial charge in [-0.1, -0.05) is 19.1 Å². The molecule has 0 saturated carbocycles. The molecule has 4 heteroatoms. The van der Waals surface area contributed by atoms with E-state index in [-0.39, 0.29) is 0 Å². The summed E-state index contributed by atoms with van der Waals surface area (Å²) in [5.74, 6) is 0. The smallest absolute Gasteiger partial charge is 0.0700 e. The molecule has 1 aromatic heterocycles. The van der Waals surface area contributed by atoms with Crippen molar-refractivity contribution in [2.75, 3.05) is 33.5 Å². The van der Waals surface area contributed by atoms with Crippen LogP contribution in [0.3, 0.4) is 0 Å². The molecular formula is C17H26N2O2. The zero-order chi connectivity index (χ0) is 14.9. The SMILES string of the molecule is CCNCc1ccc2ccn(CCCOCCOC)c2c1. The van der Waals surface area contributed by atoms with Crippen molar-refractivity contribution in [2.24, 2.45) is 0 Å². The molecule has 0 aliphatic carbocycles. The molecular weight excluding hydrogens is 264 g/mol. The van der Waals surface area contributed by atoms with Crippen LogP contribution in [-0.2, 0) is 22.6 Å². The second-order valence-electron chi connectivity index (χ2n) is 5.14. The minimum absolute atomic E-state index is 0.667. The standard InChI is InChI=1S/C17H26N2O2/c1-3-18-14-15-5-6-16-7-9-19(17(16)13-15)8-4-10-21-12-11-20-2/h5-7,9,13,18H,3-4,8,10-12,14H2,1-2H3. The zero-order valence-electron chi connectivity index (χ0n) is 13.1. The molecule has 0 atom stereocenters. The van der Waals surface area contributed by atoms with Crippen molar-refractivity contribution in [3.05, 3.63) is 36.0 Å². The molecule has 0 aliphatic rings. The summed E-state index contributed by atoms with van der Waals surface area (Å²) in [5.41, 5.74) is 2.64. The van der Waals surface area contributed by atoms with Crippen LogP contribution in [0.15, 0.2) is 30.5 Å². The highest BCUT2D eigenvalue weighted by atomic mass is 16.5. The molecule has 0 bridgehead atoms. The third kappa shape index (κ3) is 4.84. The summed E-state index contributed by atoms with van der Waals surface area (Å²) in [7, 11) is 1.69. The first-order valence-corrected chi connectivity index (χ1v) is 7.70. The summed E-state index contributed by atoms with van der Waals surface area (Å²) < 4.78 is 12.8. The summed E-state index contributed by atoms with van der Waals surface area (Å²) in [5, 5.41) is 4.67. The van der Waals surface area contributed by atoms with Crippen LogP contribution in [0.4, 0.5) is 0 Å². The number of rotatable bonds is 10. The number of aromatic nitrogens is 1. The summed E-state index contributed by atoms with van der Waals surface area (Å²) in [6, 6.07) is 8.86. The normalized spacial score (nSPS) is 11.3. The zero-order valence-corrected chi connectivity index (χ0v) is 13.1. The molecule has 0 aliphatic heterocycles. The summed E-state index contributed by atoms with van der Waals surface area (Å²) in [6.45, 7) is 7.16. The predicted molar refractivity (Wildman–Crippen MR) is 86.6 cm³/mol. The van der Waals surface area contributed by atoms with E-state index in [4.69, 9.17) is 9.47 Å². The van der Waals surface area contributed by atoms with Gasteiger partial charge in [-0.15, -0.1) is 0 Å². The van der Waals surface area contributed by atoms with Gasteiger partial charge in [-0.2, -0.15) is 0 Å². The molecule has 21 heavy (non-hydrogen) atoms. The van der Waals surface area contributed by atoms with Crippen molar-refractivity contribution in [1.29, 1.82) is 0 Å². The third-order valence-electron chi connectivity index (χ3n) is 3.54. The number of ether oxygens (including phenoxy) is 2. The van der Waals surface area contributed by atoms with Crippen LogP contribution < -0.4 is 5.32 Å². The van der Waals surface area contributed by atoms with E-state index in [1.807, 2.05) is 0 Å². The first kappa shape index (κ1) is 16.0. The topological polar surface area (TPSA) is 35.4 Å². The van der Waals surface area contributed by atoms with Crippen LogP contribution in [0.25, 0.3) is 10.9 Å². The Morgan fingerprint density at radius 2 is 2.05 bits per heavy atom. The third-order valence-corrected chi connectivity index (χ3v) is 3.54. The van der Waals surface area contributed by atoms with Gasteiger partial charge >= 0.3 is 0 Å². The first-order valence-electron chi connectivity index (χ1n) is 7.70. The molecule has 1 N–H and O–H groups in total. The quantitative estimate of drug-likeness (QED) is 0.683. The monoisotopic (exact) mass is 290 g/mol. The molecule has 2 aromatic rings. The highest BCUT2D eigenvalue weighted by molar-refractivity contribution is 5.80. The van der Waals surface area contributed by atoms with E-state index < -0.39 is 0 Å². The second kappa shape index (κ2) is 8.82. The number of fused-ring (bicyclic) bond motifs is 1. The maximum atomic E-state index is 5.51. The number of methoxy groups -OCH3 is 1. The van der Waals surface area contributed by atoms with Crippen LogP contribution in [0.5, 0.6) is 0 Å². The maximum absolute atomic E-state index is 5.51. The summed E-state index contributed by atoms with van der Waals surface area (Å²) >= 11 is 0. The fraction of sp³-hybridized carbons (Fsp3) is 0.529. The lowest BCUT2D eigenvalue weighted by Crippen LogP contribution is -2.11. The predicted octanol–water partition coefficient (Wildman–Crippen LogP) is 2.80. The van der Waals surface area contributed by atoms with E-state index in [1.54, 1.807) is 7.11 Å². The molecule has 1 heterocycles. The molecule has 2 rings (SSSR count). The number of nitrogens with one attached hydrogen (secondary N) is 1. The molecule has 0 radical (unpaired) electrons. The van der Waals surface area contributed by atoms with E-state index >= 15 is 0 Å². The van der Waals surface area contributed by atoms with Crippen LogP contribution in [0, 0.1) is 0 Å². The lowest BCUT2D eigenvalue weighted by Gasteiger charge is -2.08. The molecule has 116 valence electrons. The van der Waals surface area contributed by atoms with Crippen molar-refractivity contribution < 1.29 is 9.47 Å². The number of hydrogen-bond acceptors (Lipinski definition) is 3. The van der Waals surface area contributed by atoms with Gasteiger partial charge in [-0.3, -0.25) is 0 Å². The number of hydrogen-bond donors (Lipinski definition) is 1. The van der Waals surface area contributed by atoms with Crippen molar-refractivity contribution in [3.63, 3.8) is 0 Å². The Bertz CT molecular complexity index is 537. The van der Waals surface area contributed by atoms with Gasteiger partial charge in [0.1, 0.15) is 0 Å². The van der Waals surface area contributed by atoms with Crippen LogP contribution in [-0.4, -0.2) is 38.0 Å². The summed E-state index contributed by atoms with van der Waals surface area (Å²) in [4.78, 5) is 0. The Hall–Kier alpha value is -1.36. The van der Waals surface area contributed by atoms with Gasteiger partial charge in [0, 0.05) is 38.5 Å². The minimum Gasteiger partial charge on any atom is -0.382 e. The fourth-order valence-electron chi connectivity index (χ4n) is 2.39. The average Bonchev–Trinajstić information content (AvgIpc) is 2.91. The van der Waals surface area contributed by atoms with E-state index in [9.17, 15) is 0 Å². The van der Waals surface area contributed by atoms with E-state index in [1.165, 1.54) is 16.5 Å². The van der Waals surface area contributed by atoms with E-state index in [2.05, 4.69) is 47.3 Å². The largest absolute Gasteiger partial charge is 0.382 e. The Morgan fingerprint density at radius 1 is 1.14 bits per heavy atom. The minimum atomic E-state index is 0.667. The van der Waals surface area contributed by atoms with Crippen molar-refractivity contribution in [2.45, 2.75) is 26.4 Å². The van der Waals surface area contributed by atoms with Crippen LogP contribution >= 0.6 is 0 Å². The maximum Gasteiger partial charge on any atom is 0.0700 e. The second-order valence-corrected chi connectivity index (χ2v) is 5.14. The van der Waals surface area contributed by atoms with Gasteiger partial charge < -0.3 is 19.4 Å². The van der Waals surface area contributed by atoms with E-state index in [0.29, 0.717) is 13.2 Å². The first-order chi connectivity index (χ1) is 10.3. The van der Waals surface area contributed by atoms with E-state index in [0.717, 1.165) is 32.7 Å². The molecule has 0 unspecified atom stereocenters. The van der Waals surface area contributed by atoms with Crippen LogP contribution in [0.2, 0.25) is 0 Å². The Balaban J connectivity index is 1.90. The number of benzene rings is 1. The highest BCUT2D eigenvalue weighted by Crippen LogP contribution is 2.18. The Morgan fingerprint density at radius 3 is 2.86 bits per heavy atom. The number of aryl methyl sites for hydroxylation is 1. The molecule has 1 aromatic carbocycles. The van der Waals surface area contributed by atoms with Gasteiger partial charge in [0.25, 0.3) is 0 Å². The van der Waals surface area contributed by atoms with Gasteiger partial charge in [0.15, 0.2) is 0 Å². The Kier molecular flexibility index (Phi) is 6.73. The van der Waals surface area contributed by atoms with Crippen LogP contribution in [0.1, 0.15) is 18.9 Å². The molecule has 0 saturated heterocycles. The van der Waals surface area contributed by atoms with Crippen molar-refractivity contribution >= 4 is 10.9 Å². The fourth-order valence-corrected chi connectivity index (χ4v) is 2.39. The van der Waals surface area contributed by atoms with Gasteiger partial charge in [-0.05, 0) is 36.0 Å². The Labute approximate surface area is 127 Å². The average molecular weight is 290 g/mol. The van der Waals surface area contributed by atoms with Gasteiger partial charge in [0.2, 0.25) is 0 Å². The lowest BCUT2D eigenvalue weighted by molar-refractivity contribution is 0.0681. The molecule has 0 spiro atoms. The summed E-state index contributed by atoms with van der Waals surface area (Å²) in [6.07, 6.45) is 3.18. The van der Waals surface area contributed by atoms with Crippen molar-refractivity contribution in [3.8, 4) is 0 Å². The molecule has 4 nitrogen and oxygen atoms in total. The molecule has 0 fully saturated rings. The lowest BCUT2D eigenvalue weighted by atomic mass is 10.1. The van der Waals surface area contributed by atoms with Crippen molar-refractivity contribution in [1.82, 2.24) is 9.88 Å². The number of nitrogens with zero attached hydrogens (tertiary/aromatic N) is 1. The van der Waals surface area contributed by atoms with Gasteiger partial charge in [0.05, 0.1) is 13.2 Å².